The average Bonchev–Trinajstić information content (AvgIpc) is 2.86. The zero-order valence-electron chi connectivity index (χ0n) is 24.3. The fraction of sp³-hybridized carbons (Fsp3) is 0.633. The maximum atomic E-state index is 13.5. The average molecular weight is 560 g/mol. The molecule has 0 saturated heterocycles. The van der Waals surface area contributed by atoms with Crippen molar-refractivity contribution in [2.24, 2.45) is 11.8 Å². The zero-order valence-corrected chi connectivity index (χ0v) is 24.3. The van der Waals surface area contributed by atoms with Crippen molar-refractivity contribution in [2.75, 3.05) is 0 Å². The second kappa shape index (κ2) is 15.4. The highest BCUT2D eigenvalue weighted by Crippen LogP contribution is 2.27. The Labute approximate surface area is 237 Å². The van der Waals surface area contributed by atoms with Crippen LogP contribution in [0.2, 0.25) is 0 Å². The largest absolute Gasteiger partial charge is 0.475 e. The van der Waals surface area contributed by atoms with E-state index < -0.39 is 53.4 Å². The molecule has 1 aliphatic carbocycles. The predicted molar refractivity (Wildman–Crippen MR) is 150 cm³/mol. The van der Waals surface area contributed by atoms with E-state index in [4.69, 9.17) is 4.74 Å². The fourth-order valence-electron chi connectivity index (χ4n) is 4.89. The first kappa shape index (κ1) is 32.8. The summed E-state index contributed by atoms with van der Waals surface area (Å²) in [7, 11) is 0. The number of ketones is 1. The number of amides is 3. The van der Waals surface area contributed by atoms with Crippen molar-refractivity contribution in [3.05, 3.63) is 35.9 Å². The number of carbonyl (C=O) groups is 5. The number of carboxylic acids is 1. The van der Waals surface area contributed by atoms with Crippen LogP contribution in [-0.4, -0.2) is 58.5 Å². The molecule has 1 aliphatic rings. The maximum Gasteiger partial charge on any atom is 0.408 e. The molecule has 0 aliphatic heterocycles. The molecule has 0 bridgehead atoms. The van der Waals surface area contributed by atoms with Crippen molar-refractivity contribution in [2.45, 2.75) is 110 Å². The number of nitrogens with one attached hydrogen (secondary N) is 3. The zero-order chi connectivity index (χ0) is 29.9. The smallest absolute Gasteiger partial charge is 0.408 e. The van der Waals surface area contributed by atoms with Gasteiger partial charge in [-0.2, -0.15) is 0 Å². The van der Waals surface area contributed by atoms with Crippen molar-refractivity contribution in [3.63, 3.8) is 0 Å². The standard InChI is InChI=1S/C30H45N3O7/c1-19(2)16-23(26(35)31-22(25(34)28(37)38)17-20-12-8-6-9-13-20)32-27(36)24(18-21-14-10-7-11-15-21)33-29(39)40-30(3,4)5/h7,10-11,14-15,19-20,22-24H,6,8-9,12-13,16-18H2,1-5H3,(H,31,35)(H,32,36)(H,33,39)(H,37,38)/t22?,23-,24-/m0/s1. The Morgan fingerprint density at radius 3 is 2.00 bits per heavy atom. The summed E-state index contributed by atoms with van der Waals surface area (Å²) < 4.78 is 5.34. The first-order valence-electron chi connectivity index (χ1n) is 14.2. The van der Waals surface area contributed by atoms with E-state index in [2.05, 4.69) is 16.0 Å². The molecule has 10 nitrogen and oxygen atoms in total. The molecule has 40 heavy (non-hydrogen) atoms. The third kappa shape index (κ3) is 11.8. The van der Waals surface area contributed by atoms with Gasteiger partial charge in [-0.15, -0.1) is 0 Å². The third-order valence-corrected chi connectivity index (χ3v) is 6.77. The van der Waals surface area contributed by atoms with Crippen molar-refractivity contribution in [1.29, 1.82) is 0 Å². The number of hydrogen-bond acceptors (Lipinski definition) is 6. The Kier molecular flexibility index (Phi) is 12.6. The van der Waals surface area contributed by atoms with Gasteiger partial charge in [0, 0.05) is 6.42 Å². The number of aliphatic carboxylic acids is 1. The van der Waals surface area contributed by atoms with Gasteiger partial charge in [-0.3, -0.25) is 14.4 Å². The highest BCUT2D eigenvalue weighted by atomic mass is 16.6. The molecule has 1 aromatic rings. The first-order valence-corrected chi connectivity index (χ1v) is 14.2. The summed E-state index contributed by atoms with van der Waals surface area (Å²) in [6.07, 6.45) is 4.75. The topological polar surface area (TPSA) is 151 Å². The molecule has 3 atom stereocenters. The van der Waals surface area contributed by atoms with Crippen LogP contribution >= 0.6 is 0 Å². The maximum absolute atomic E-state index is 13.5. The molecule has 1 aromatic carbocycles. The normalized spacial score (nSPS) is 16.4. The number of benzene rings is 1. The summed E-state index contributed by atoms with van der Waals surface area (Å²) in [5.41, 5.74) is 0.0188. The van der Waals surface area contributed by atoms with Crippen LogP contribution in [0.3, 0.4) is 0 Å². The van der Waals surface area contributed by atoms with E-state index in [-0.39, 0.29) is 31.1 Å². The van der Waals surface area contributed by atoms with Crippen molar-refractivity contribution in [3.8, 4) is 0 Å². The molecule has 222 valence electrons. The van der Waals surface area contributed by atoms with E-state index in [0.29, 0.717) is 0 Å². The molecule has 2 rings (SSSR count). The molecular weight excluding hydrogens is 514 g/mol. The van der Waals surface area contributed by atoms with E-state index in [9.17, 15) is 29.1 Å². The van der Waals surface area contributed by atoms with Gasteiger partial charge in [0.2, 0.25) is 11.8 Å². The number of carbonyl (C=O) groups excluding carboxylic acids is 4. The quantitative estimate of drug-likeness (QED) is 0.269. The highest BCUT2D eigenvalue weighted by molar-refractivity contribution is 6.35. The van der Waals surface area contributed by atoms with E-state index >= 15 is 0 Å². The van der Waals surface area contributed by atoms with Gasteiger partial charge in [0.15, 0.2) is 0 Å². The fourth-order valence-corrected chi connectivity index (χ4v) is 4.89. The van der Waals surface area contributed by atoms with Gasteiger partial charge in [0.25, 0.3) is 5.78 Å². The van der Waals surface area contributed by atoms with Gasteiger partial charge < -0.3 is 25.8 Å². The molecular formula is C30H45N3O7. The van der Waals surface area contributed by atoms with Crippen LogP contribution in [0.5, 0.6) is 0 Å². The van der Waals surface area contributed by atoms with Gasteiger partial charge in [-0.1, -0.05) is 76.3 Å². The summed E-state index contributed by atoms with van der Waals surface area (Å²) in [6, 6.07) is 5.85. The van der Waals surface area contributed by atoms with E-state index in [1.54, 1.807) is 20.8 Å². The van der Waals surface area contributed by atoms with Crippen molar-refractivity contribution in [1.82, 2.24) is 16.0 Å². The number of ether oxygens (including phenoxy) is 1. The third-order valence-electron chi connectivity index (χ3n) is 6.77. The predicted octanol–water partition coefficient (Wildman–Crippen LogP) is 3.76. The van der Waals surface area contributed by atoms with Crippen LogP contribution in [0.1, 0.15) is 85.1 Å². The van der Waals surface area contributed by atoms with E-state index in [0.717, 1.165) is 37.7 Å². The molecule has 1 fully saturated rings. The van der Waals surface area contributed by atoms with Gasteiger partial charge in [-0.05, 0) is 51.0 Å². The van der Waals surface area contributed by atoms with Crippen molar-refractivity contribution >= 4 is 29.7 Å². The van der Waals surface area contributed by atoms with Crippen LogP contribution in [0.15, 0.2) is 30.3 Å². The summed E-state index contributed by atoms with van der Waals surface area (Å²) in [6.45, 7) is 8.90. The Balaban J connectivity index is 2.22. The Morgan fingerprint density at radius 2 is 1.45 bits per heavy atom. The number of rotatable bonds is 13. The number of Topliss-reactive ketones (excluding diaryl/α,β-unsaturated/α-hetero) is 1. The summed E-state index contributed by atoms with van der Waals surface area (Å²) in [4.78, 5) is 63.5. The van der Waals surface area contributed by atoms with Crippen LogP contribution < -0.4 is 16.0 Å². The minimum atomic E-state index is -1.60. The van der Waals surface area contributed by atoms with E-state index in [1.807, 2.05) is 44.2 Å². The number of alkyl carbamates (subject to hydrolysis) is 1. The lowest BCUT2D eigenvalue weighted by Crippen LogP contribution is -2.57. The van der Waals surface area contributed by atoms with Gasteiger partial charge in [0.1, 0.15) is 17.7 Å². The van der Waals surface area contributed by atoms with Crippen LogP contribution in [-0.2, 0) is 30.3 Å². The molecule has 0 aromatic heterocycles. The van der Waals surface area contributed by atoms with Crippen LogP contribution in [0.25, 0.3) is 0 Å². The number of carboxylic acid groups (broad SMARTS) is 1. The van der Waals surface area contributed by atoms with Crippen molar-refractivity contribution < 1.29 is 33.8 Å². The van der Waals surface area contributed by atoms with Gasteiger partial charge >= 0.3 is 12.1 Å². The molecule has 10 heteroatoms. The monoisotopic (exact) mass is 559 g/mol. The summed E-state index contributed by atoms with van der Waals surface area (Å²) >= 11 is 0. The Bertz CT molecular complexity index is 1010. The number of hydrogen-bond donors (Lipinski definition) is 4. The second-order valence-electron chi connectivity index (χ2n) is 12.0. The summed E-state index contributed by atoms with van der Waals surface area (Å²) in [5, 5.41) is 17.3. The lowest BCUT2D eigenvalue weighted by Gasteiger charge is -2.28. The van der Waals surface area contributed by atoms with Crippen LogP contribution in [0.4, 0.5) is 4.79 Å². The van der Waals surface area contributed by atoms with E-state index in [1.165, 1.54) is 0 Å². The lowest BCUT2D eigenvalue weighted by atomic mass is 9.84. The highest BCUT2D eigenvalue weighted by Gasteiger charge is 2.34. The molecule has 4 N–H and O–H groups in total. The molecule has 3 amide bonds. The molecule has 1 unspecified atom stereocenters. The minimum Gasteiger partial charge on any atom is -0.475 e. The molecule has 0 heterocycles. The minimum absolute atomic E-state index is 0.00518. The Hall–Kier alpha value is -3.43. The molecule has 0 spiro atoms. The van der Waals surface area contributed by atoms with Gasteiger partial charge in [-0.25, -0.2) is 9.59 Å². The second-order valence-corrected chi connectivity index (χ2v) is 12.0. The SMILES string of the molecule is CC(C)C[C@H](NC(=O)[C@H](Cc1ccccc1)NC(=O)OC(C)(C)C)C(=O)NC(CC1CCCCC1)C(=O)C(=O)O. The lowest BCUT2D eigenvalue weighted by molar-refractivity contribution is -0.150. The summed E-state index contributed by atoms with van der Waals surface area (Å²) in [5.74, 6) is -3.75. The molecule has 0 radical (unpaired) electrons. The molecule has 1 saturated carbocycles. The van der Waals surface area contributed by atoms with Gasteiger partial charge in [0.05, 0.1) is 6.04 Å². The first-order chi connectivity index (χ1) is 18.7. The Morgan fingerprint density at radius 1 is 0.875 bits per heavy atom. The van der Waals surface area contributed by atoms with Crippen LogP contribution in [0, 0.1) is 11.8 Å².